The quantitative estimate of drug-likeness (QED) is 0.927. The minimum absolute atomic E-state index is 0.137. The monoisotopic (exact) mass is 315 g/mol. The molecule has 1 amide bonds. The van der Waals surface area contributed by atoms with Crippen LogP contribution in [0.4, 0.5) is 0 Å². The van der Waals surface area contributed by atoms with Crippen molar-refractivity contribution in [2.24, 2.45) is 0 Å². The van der Waals surface area contributed by atoms with Gasteiger partial charge in [-0.15, -0.1) is 0 Å². The van der Waals surface area contributed by atoms with Gasteiger partial charge in [-0.3, -0.25) is 14.6 Å². The van der Waals surface area contributed by atoms with E-state index in [1.165, 1.54) is 25.9 Å². The lowest BCUT2D eigenvalue weighted by molar-refractivity contribution is -0.127. The van der Waals surface area contributed by atoms with E-state index in [1.807, 2.05) is 32.0 Å². The standard InChI is InChI=1S/C19H29N3O/c1-15(2)20-19(23)18(16-8-4-3-5-9-16)22-13-7-12-21-11-6-10-17(21)14-22/h3-5,8-9,15,17-18H,6-7,10-14H2,1-2H3,(H,20,23)/t17-,18-/m1/s1. The van der Waals surface area contributed by atoms with Crippen molar-refractivity contribution in [2.75, 3.05) is 26.2 Å². The van der Waals surface area contributed by atoms with Crippen LogP contribution >= 0.6 is 0 Å². The Morgan fingerprint density at radius 3 is 2.61 bits per heavy atom. The minimum Gasteiger partial charge on any atom is -0.352 e. The normalized spacial score (nSPS) is 24.2. The molecule has 2 atom stereocenters. The molecular formula is C19H29N3O. The van der Waals surface area contributed by atoms with Crippen LogP contribution in [0.25, 0.3) is 0 Å². The van der Waals surface area contributed by atoms with Crippen molar-refractivity contribution in [1.82, 2.24) is 15.1 Å². The summed E-state index contributed by atoms with van der Waals surface area (Å²) in [6.07, 6.45) is 3.71. The van der Waals surface area contributed by atoms with Gasteiger partial charge in [0.05, 0.1) is 0 Å². The maximum absolute atomic E-state index is 12.9. The molecule has 2 saturated heterocycles. The smallest absolute Gasteiger partial charge is 0.242 e. The third-order valence-corrected chi connectivity index (χ3v) is 4.99. The van der Waals surface area contributed by atoms with E-state index < -0.39 is 0 Å². The van der Waals surface area contributed by atoms with Gasteiger partial charge in [-0.1, -0.05) is 30.3 Å². The van der Waals surface area contributed by atoms with Crippen LogP contribution in [0.5, 0.6) is 0 Å². The van der Waals surface area contributed by atoms with Gasteiger partial charge in [0.15, 0.2) is 0 Å². The van der Waals surface area contributed by atoms with Crippen LogP contribution in [0.15, 0.2) is 30.3 Å². The number of nitrogens with zero attached hydrogens (tertiary/aromatic N) is 2. The van der Waals surface area contributed by atoms with E-state index in [4.69, 9.17) is 0 Å². The first kappa shape index (κ1) is 16.5. The van der Waals surface area contributed by atoms with Gasteiger partial charge in [-0.2, -0.15) is 0 Å². The largest absolute Gasteiger partial charge is 0.352 e. The summed E-state index contributed by atoms with van der Waals surface area (Å²) in [6.45, 7) is 8.46. The molecule has 4 nitrogen and oxygen atoms in total. The number of carbonyl (C=O) groups is 1. The zero-order valence-electron chi connectivity index (χ0n) is 14.4. The number of nitrogens with one attached hydrogen (secondary N) is 1. The molecule has 0 aromatic heterocycles. The summed E-state index contributed by atoms with van der Waals surface area (Å²) in [4.78, 5) is 17.9. The molecule has 0 saturated carbocycles. The highest BCUT2D eigenvalue weighted by Crippen LogP contribution is 2.28. The Balaban J connectivity index is 1.83. The molecule has 1 N–H and O–H groups in total. The van der Waals surface area contributed by atoms with E-state index >= 15 is 0 Å². The third kappa shape index (κ3) is 3.93. The van der Waals surface area contributed by atoms with E-state index in [1.54, 1.807) is 0 Å². The molecule has 2 aliphatic heterocycles. The highest BCUT2D eigenvalue weighted by atomic mass is 16.2. The molecule has 1 aromatic carbocycles. The summed E-state index contributed by atoms with van der Waals surface area (Å²) in [5.41, 5.74) is 1.11. The number of benzene rings is 1. The molecule has 2 heterocycles. The first-order valence-corrected chi connectivity index (χ1v) is 8.98. The van der Waals surface area contributed by atoms with Crippen molar-refractivity contribution in [1.29, 1.82) is 0 Å². The number of fused-ring (bicyclic) bond motifs is 1. The highest BCUT2D eigenvalue weighted by Gasteiger charge is 2.34. The zero-order chi connectivity index (χ0) is 16.2. The lowest BCUT2D eigenvalue weighted by Gasteiger charge is -2.32. The molecule has 2 aliphatic rings. The third-order valence-electron chi connectivity index (χ3n) is 4.99. The van der Waals surface area contributed by atoms with E-state index in [0.717, 1.165) is 25.1 Å². The molecule has 4 heteroatoms. The van der Waals surface area contributed by atoms with E-state index in [0.29, 0.717) is 6.04 Å². The fourth-order valence-electron chi connectivity index (χ4n) is 4.00. The predicted octanol–water partition coefficient (Wildman–Crippen LogP) is 2.42. The molecule has 126 valence electrons. The average Bonchev–Trinajstić information content (AvgIpc) is 2.86. The zero-order valence-corrected chi connectivity index (χ0v) is 14.4. The Bertz CT molecular complexity index is 517. The van der Waals surface area contributed by atoms with E-state index in [2.05, 4.69) is 27.2 Å². The van der Waals surface area contributed by atoms with Gasteiger partial charge in [0.25, 0.3) is 0 Å². The van der Waals surface area contributed by atoms with Gasteiger partial charge in [0.2, 0.25) is 5.91 Å². The number of hydrogen-bond donors (Lipinski definition) is 1. The topological polar surface area (TPSA) is 35.6 Å². The SMILES string of the molecule is CC(C)NC(=O)[C@@H](c1ccccc1)N1CCCN2CCC[C@@H]2C1. The molecule has 23 heavy (non-hydrogen) atoms. The number of carbonyl (C=O) groups excluding carboxylic acids is 1. The van der Waals surface area contributed by atoms with Crippen LogP contribution in [0.3, 0.4) is 0 Å². The second-order valence-corrected chi connectivity index (χ2v) is 7.16. The van der Waals surface area contributed by atoms with Crippen molar-refractivity contribution in [3.8, 4) is 0 Å². The summed E-state index contributed by atoms with van der Waals surface area (Å²) in [5.74, 6) is 0.137. The van der Waals surface area contributed by atoms with Crippen molar-refractivity contribution in [2.45, 2.75) is 51.2 Å². The van der Waals surface area contributed by atoms with Crippen molar-refractivity contribution in [3.63, 3.8) is 0 Å². The second-order valence-electron chi connectivity index (χ2n) is 7.16. The van der Waals surface area contributed by atoms with Crippen LogP contribution in [-0.4, -0.2) is 54.0 Å². The molecular weight excluding hydrogens is 286 g/mol. The van der Waals surface area contributed by atoms with Crippen LogP contribution in [0, 0.1) is 0 Å². The molecule has 0 unspecified atom stereocenters. The molecule has 0 spiro atoms. The summed E-state index contributed by atoms with van der Waals surface area (Å²) in [7, 11) is 0. The molecule has 2 fully saturated rings. The van der Waals surface area contributed by atoms with Crippen molar-refractivity contribution < 1.29 is 4.79 Å². The predicted molar refractivity (Wildman–Crippen MR) is 93.2 cm³/mol. The van der Waals surface area contributed by atoms with Crippen molar-refractivity contribution in [3.05, 3.63) is 35.9 Å². The Kier molecular flexibility index (Phi) is 5.34. The van der Waals surface area contributed by atoms with E-state index in [-0.39, 0.29) is 18.0 Å². The van der Waals surface area contributed by atoms with Gasteiger partial charge in [0, 0.05) is 25.2 Å². The van der Waals surface area contributed by atoms with Gasteiger partial charge in [-0.05, 0) is 51.8 Å². The summed E-state index contributed by atoms with van der Waals surface area (Å²) >= 11 is 0. The van der Waals surface area contributed by atoms with Crippen molar-refractivity contribution >= 4 is 5.91 Å². The molecule has 1 aromatic rings. The van der Waals surface area contributed by atoms with Gasteiger partial charge in [-0.25, -0.2) is 0 Å². The maximum atomic E-state index is 12.9. The van der Waals surface area contributed by atoms with Gasteiger partial charge < -0.3 is 5.32 Å². The fourth-order valence-corrected chi connectivity index (χ4v) is 4.00. The lowest BCUT2D eigenvalue weighted by atomic mass is 10.0. The summed E-state index contributed by atoms with van der Waals surface area (Å²) in [6, 6.07) is 10.9. The van der Waals surface area contributed by atoms with Crippen LogP contribution in [0.2, 0.25) is 0 Å². The number of amides is 1. The lowest BCUT2D eigenvalue weighted by Crippen LogP contribution is -2.45. The highest BCUT2D eigenvalue weighted by molar-refractivity contribution is 5.83. The first-order valence-electron chi connectivity index (χ1n) is 8.98. The van der Waals surface area contributed by atoms with Gasteiger partial charge in [0.1, 0.15) is 6.04 Å². The molecule has 0 radical (unpaired) electrons. The number of hydrogen-bond acceptors (Lipinski definition) is 3. The first-order chi connectivity index (χ1) is 11.1. The summed E-state index contributed by atoms with van der Waals surface area (Å²) in [5, 5.41) is 3.12. The molecule has 0 bridgehead atoms. The van der Waals surface area contributed by atoms with Crippen LogP contribution in [0.1, 0.15) is 44.7 Å². The molecule has 3 rings (SSSR count). The van der Waals surface area contributed by atoms with E-state index in [9.17, 15) is 4.79 Å². The summed E-state index contributed by atoms with van der Waals surface area (Å²) < 4.78 is 0. The average molecular weight is 315 g/mol. The number of rotatable bonds is 4. The van der Waals surface area contributed by atoms with Crippen LogP contribution < -0.4 is 5.32 Å². The Labute approximate surface area is 139 Å². The van der Waals surface area contributed by atoms with Gasteiger partial charge >= 0.3 is 0 Å². The molecule has 0 aliphatic carbocycles. The fraction of sp³-hybridized carbons (Fsp3) is 0.632. The van der Waals surface area contributed by atoms with Crippen LogP contribution in [-0.2, 0) is 4.79 Å². The second kappa shape index (κ2) is 7.45. The Morgan fingerprint density at radius 2 is 1.87 bits per heavy atom. The Morgan fingerprint density at radius 1 is 1.13 bits per heavy atom. The maximum Gasteiger partial charge on any atom is 0.242 e. The minimum atomic E-state index is -0.167. The Hall–Kier alpha value is -1.39.